The van der Waals surface area contributed by atoms with Crippen LogP contribution in [-0.4, -0.2) is 29.1 Å². The third-order valence-corrected chi connectivity index (χ3v) is 13.4. The SMILES string of the molecule is c1ccc(-c2cc(-c3ccc(-n4c(-c5ccccc5)cc5cc6c(cc(-c7ccccc7)n6-c6ccc(-c7cc(-c8ccccc8)nc(-c8ccccc8)n7)cc6)cc54)cc3)nc(-c3ccccc3)n2)cc1. The van der Waals surface area contributed by atoms with Gasteiger partial charge < -0.3 is 9.13 Å². The number of hydrogen-bond donors (Lipinski definition) is 0. The van der Waals surface area contributed by atoms with Crippen molar-refractivity contribution in [3.63, 3.8) is 0 Å². The molecule has 0 bridgehead atoms. The van der Waals surface area contributed by atoms with Gasteiger partial charge in [0.05, 0.1) is 45.2 Å². The highest BCUT2D eigenvalue weighted by atomic mass is 15.0. The molecule has 0 saturated heterocycles. The van der Waals surface area contributed by atoms with E-state index in [2.05, 4.69) is 203 Å². The van der Waals surface area contributed by atoms with Gasteiger partial charge in [0.25, 0.3) is 0 Å². The van der Waals surface area contributed by atoms with Crippen molar-refractivity contribution in [3.8, 4) is 102 Å². The van der Waals surface area contributed by atoms with Gasteiger partial charge in [-0.15, -0.1) is 0 Å². The fourth-order valence-electron chi connectivity index (χ4n) is 9.81. The van der Waals surface area contributed by atoms with Crippen molar-refractivity contribution in [1.82, 2.24) is 29.1 Å². The Hall–Kier alpha value is -9.78. The highest BCUT2D eigenvalue weighted by Crippen LogP contribution is 2.40. The molecule has 338 valence electrons. The van der Waals surface area contributed by atoms with Crippen molar-refractivity contribution in [3.05, 3.63) is 267 Å². The van der Waals surface area contributed by atoms with E-state index in [1.165, 1.54) is 0 Å². The first-order valence-corrected chi connectivity index (χ1v) is 24.2. The van der Waals surface area contributed by atoms with Gasteiger partial charge in [0.2, 0.25) is 0 Å². The van der Waals surface area contributed by atoms with E-state index in [1.54, 1.807) is 0 Å². The summed E-state index contributed by atoms with van der Waals surface area (Å²) in [4.78, 5) is 20.3. The second-order valence-electron chi connectivity index (χ2n) is 17.9. The normalized spacial score (nSPS) is 11.3. The monoisotopic (exact) mass is 920 g/mol. The fraction of sp³-hybridized carbons (Fsp3) is 0. The predicted molar refractivity (Wildman–Crippen MR) is 295 cm³/mol. The van der Waals surface area contributed by atoms with Gasteiger partial charge >= 0.3 is 0 Å². The maximum absolute atomic E-state index is 5.13. The summed E-state index contributed by atoms with van der Waals surface area (Å²) in [6.07, 6.45) is 0. The van der Waals surface area contributed by atoms with Gasteiger partial charge in [-0.3, -0.25) is 0 Å². The number of aromatic nitrogens is 6. The molecule has 9 aromatic carbocycles. The Kier molecular flexibility index (Phi) is 10.7. The zero-order valence-corrected chi connectivity index (χ0v) is 39.1. The molecule has 0 amide bonds. The standard InChI is InChI=1S/C66H44N6/c1-7-19-45(20-8-1)57-43-59(69-65(67-57)51-27-15-5-16-28-51)47-31-35-55(36-32-47)71-61(49-23-11-3-12-24-49)39-53-42-64-54(41-63(53)71)40-62(50-25-13-4-14-26-50)72(64)56-37-33-48(34-38-56)60-44-58(46-21-9-2-10-22-46)68-66(70-60)52-29-17-6-18-30-52/h1-44H. The highest BCUT2D eigenvalue weighted by molar-refractivity contribution is 6.02. The lowest BCUT2D eigenvalue weighted by molar-refractivity contribution is 1.13. The van der Waals surface area contributed by atoms with E-state index in [1.807, 2.05) is 72.8 Å². The second kappa shape index (κ2) is 18.3. The lowest BCUT2D eigenvalue weighted by Crippen LogP contribution is -1.99. The van der Waals surface area contributed by atoms with Gasteiger partial charge in [-0.2, -0.15) is 0 Å². The van der Waals surface area contributed by atoms with Crippen molar-refractivity contribution in [2.45, 2.75) is 0 Å². The molecule has 6 nitrogen and oxygen atoms in total. The van der Waals surface area contributed by atoms with Gasteiger partial charge in [-0.25, -0.2) is 19.9 Å². The van der Waals surface area contributed by atoms with Crippen LogP contribution in [0.25, 0.3) is 124 Å². The van der Waals surface area contributed by atoms with Crippen LogP contribution in [0.5, 0.6) is 0 Å². The van der Waals surface area contributed by atoms with E-state index in [-0.39, 0.29) is 0 Å². The van der Waals surface area contributed by atoms with E-state index in [0.29, 0.717) is 11.6 Å². The maximum Gasteiger partial charge on any atom is 0.160 e. The Labute approximate surface area is 417 Å². The molecule has 0 unspecified atom stereocenters. The molecule has 0 aliphatic heterocycles. The topological polar surface area (TPSA) is 61.4 Å². The Morgan fingerprint density at radius 3 is 0.792 bits per heavy atom. The van der Waals surface area contributed by atoms with Crippen molar-refractivity contribution < 1.29 is 0 Å². The molecule has 13 rings (SSSR count). The maximum atomic E-state index is 5.13. The van der Waals surface area contributed by atoms with Crippen LogP contribution < -0.4 is 0 Å². The summed E-state index contributed by atoms with van der Waals surface area (Å²) in [5, 5.41) is 2.28. The first-order valence-electron chi connectivity index (χ1n) is 24.2. The first-order chi connectivity index (χ1) is 35.7. The molecular weight excluding hydrogens is 877 g/mol. The molecule has 0 fully saturated rings. The van der Waals surface area contributed by atoms with E-state index in [0.717, 1.165) is 112 Å². The number of nitrogens with zero attached hydrogens (tertiary/aromatic N) is 6. The van der Waals surface area contributed by atoms with Crippen molar-refractivity contribution in [2.75, 3.05) is 0 Å². The molecular formula is C66H44N6. The van der Waals surface area contributed by atoms with E-state index in [4.69, 9.17) is 19.9 Å². The van der Waals surface area contributed by atoms with Gasteiger partial charge in [-0.1, -0.05) is 206 Å². The summed E-state index contributed by atoms with van der Waals surface area (Å²) in [6.45, 7) is 0. The van der Waals surface area contributed by atoms with E-state index >= 15 is 0 Å². The molecule has 0 N–H and O–H groups in total. The molecule has 0 aliphatic rings. The van der Waals surface area contributed by atoms with E-state index in [9.17, 15) is 0 Å². The third kappa shape index (κ3) is 8.03. The first kappa shape index (κ1) is 42.3. The summed E-state index contributed by atoms with van der Waals surface area (Å²) >= 11 is 0. The molecule has 13 aromatic rings. The minimum absolute atomic E-state index is 0.696. The Bertz CT molecular complexity index is 3640. The minimum Gasteiger partial charge on any atom is -0.309 e. The van der Waals surface area contributed by atoms with Gasteiger partial charge in [0.1, 0.15) is 0 Å². The molecule has 6 heteroatoms. The van der Waals surface area contributed by atoms with Gasteiger partial charge in [0, 0.05) is 55.5 Å². The van der Waals surface area contributed by atoms with Crippen molar-refractivity contribution in [2.24, 2.45) is 0 Å². The molecule has 4 aromatic heterocycles. The van der Waals surface area contributed by atoms with Crippen LogP contribution in [0, 0.1) is 0 Å². The number of hydrogen-bond acceptors (Lipinski definition) is 4. The average molecular weight is 921 g/mol. The Morgan fingerprint density at radius 1 is 0.222 bits per heavy atom. The second-order valence-corrected chi connectivity index (χ2v) is 17.9. The number of fused-ring (bicyclic) bond motifs is 2. The molecule has 0 radical (unpaired) electrons. The van der Waals surface area contributed by atoms with Gasteiger partial charge in [0.15, 0.2) is 11.6 Å². The fourth-order valence-corrected chi connectivity index (χ4v) is 9.81. The van der Waals surface area contributed by atoms with Crippen molar-refractivity contribution in [1.29, 1.82) is 0 Å². The van der Waals surface area contributed by atoms with E-state index < -0.39 is 0 Å². The third-order valence-electron chi connectivity index (χ3n) is 13.4. The van der Waals surface area contributed by atoms with Crippen LogP contribution >= 0.6 is 0 Å². The highest BCUT2D eigenvalue weighted by Gasteiger charge is 2.20. The average Bonchev–Trinajstić information content (AvgIpc) is 4.04. The molecule has 0 spiro atoms. The van der Waals surface area contributed by atoms with Crippen LogP contribution in [0.1, 0.15) is 0 Å². The minimum atomic E-state index is 0.696. The van der Waals surface area contributed by atoms with Crippen LogP contribution in [0.2, 0.25) is 0 Å². The predicted octanol–water partition coefficient (Wildman–Crippen LogP) is 16.5. The molecule has 0 aliphatic carbocycles. The Morgan fingerprint density at radius 2 is 0.486 bits per heavy atom. The number of rotatable bonds is 10. The lowest BCUT2D eigenvalue weighted by Gasteiger charge is -2.14. The summed E-state index contributed by atoms with van der Waals surface area (Å²) < 4.78 is 4.78. The molecule has 72 heavy (non-hydrogen) atoms. The summed E-state index contributed by atoms with van der Waals surface area (Å²) in [5.74, 6) is 1.39. The van der Waals surface area contributed by atoms with Crippen LogP contribution in [0.3, 0.4) is 0 Å². The zero-order valence-electron chi connectivity index (χ0n) is 39.1. The molecule has 0 atom stereocenters. The summed E-state index contributed by atoms with van der Waals surface area (Å²) in [6, 6.07) is 93.5. The number of benzene rings is 9. The Balaban J connectivity index is 0.933. The smallest absolute Gasteiger partial charge is 0.160 e. The summed E-state index contributed by atoms with van der Waals surface area (Å²) in [7, 11) is 0. The molecule has 0 saturated carbocycles. The molecule has 4 heterocycles. The zero-order chi connectivity index (χ0) is 47.8. The van der Waals surface area contributed by atoms with Crippen LogP contribution in [0.4, 0.5) is 0 Å². The quantitative estimate of drug-likeness (QED) is 0.137. The van der Waals surface area contributed by atoms with Crippen molar-refractivity contribution >= 4 is 21.8 Å². The van der Waals surface area contributed by atoms with Crippen LogP contribution in [0.15, 0.2) is 267 Å². The summed E-state index contributed by atoms with van der Waals surface area (Å²) in [5.41, 5.74) is 18.4. The van der Waals surface area contributed by atoms with Gasteiger partial charge in [-0.05, 0) is 71.8 Å². The van der Waals surface area contributed by atoms with Crippen LogP contribution in [-0.2, 0) is 0 Å². The lowest BCUT2D eigenvalue weighted by atomic mass is 10.1. The largest absolute Gasteiger partial charge is 0.309 e.